The molecular weight excluding hydrogens is 304 g/mol. The van der Waals surface area contributed by atoms with Gasteiger partial charge in [0.05, 0.1) is 6.04 Å². The minimum Gasteiger partial charge on any atom is -0.396 e. The summed E-state index contributed by atoms with van der Waals surface area (Å²) in [5, 5.41) is 9.37. The van der Waals surface area contributed by atoms with Crippen molar-refractivity contribution in [1.82, 2.24) is 9.88 Å². The van der Waals surface area contributed by atoms with E-state index >= 15 is 0 Å². The standard InChI is InChI=1S/C19H24N2O3/c1-13(2)16-11-15(12-18(23)20-16)19(24)21(3)17(9-10-22)14-7-5-4-6-8-14/h4-8,11-13,17,22H,9-10H2,1-3H3,(H,20,23). The van der Waals surface area contributed by atoms with E-state index in [2.05, 4.69) is 4.98 Å². The van der Waals surface area contributed by atoms with Gasteiger partial charge in [0, 0.05) is 31.0 Å². The number of H-pyrrole nitrogens is 1. The van der Waals surface area contributed by atoms with Crippen LogP contribution < -0.4 is 5.56 Å². The molecule has 2 rings (SSSR count). The predicted octanol–water partition coefficient (Wildman–Crippen LogP) is 2.69. The molecule has 0 radical (unpaired) electrons. The molecule has 24 heavy (non-hydrogen) atoms. The molecule has 1 amide bonds. The molecule has 1 aromatic carbocycles. The minimum atomic E-state index is -0.281. The molecular formula is C19H24N2O3. The zero-order valence-corrected chi connectivity index (χ0v) is 14.3. The summed E-state index contributed by atoms with van der Waals surface area (Å²) in [6.07, 6.45) is 0.437. The average Bonchev–Trinajstić information content (AvgIpc) is 2.58. The molecule has 5 heteroatoms. The first-order chi connectivity index (χ1) is 11.4. The number of aliphatic hydroxyl groups excluding tert-OH is 1. The van der Waals surface area contributed by atoms with Crippen molar-refractivity contribution >= 4 is 5.91 Å². The fraction of sp³-hybridized carbons (Fsp3) is 0.368. The van der Waals surface area contributed by atoms with Crippen molar-refractivity contribution in [1.29, 1.82) is 0 Å². The molecule has 0 fully saturated rings. The van der Waals surface area contributed by atoms with Crippen molar-refractivity contribution in [2.75, 3.05) is 13.7 Å². The summed E-state index contributed by atoms with van der Waals surface area (Å²) in [7, 11) is 1.70. The molecule has 0 bridgehead atoms. The van der Waals surface area contributed by atoms with Crippen molar-refractivity contribution in [3.05, 3.63) is 69.6 Å². The van der Waals surface area contributed by atoms with Gasteiger partial charge in [0.2, 0.25) is 5.56 Å². The van der Waals surface area contributed by atoms with Crippen LogP contribution in [0, 0.1) is 0 Å². The molecule has 0 spiro atoms. The lowest BCUT2D eigenvalue weighted by Gasteiger charge is -2.28. The number of nitrogens with zero attached hydrogens (tertiary/aromatic N) is 1. The van der Waals surface area contributed by atoms with Crippen LogP contribution in [0.5, 0.6) is 0 Å². The topological polar surface area (TPSA) is 73.4 Å². The van der Waals surface area contributed by atoms with E-state index in [1.165, 1.54) is 6.07 Å². The van der Waals surface area contributed by atoms with E-state index in [0.29, 0.717) is 12.0 Å². The first kappa shape index (κ1) is 17.9. The van der Waals surface area contributed by atoms with Gasteiger partial charge in [-0.15, -0.1) is 0 Å². The number of aromatic nitrogens is 1. The largest absolute Gasteiger partial charge is 0.396 e. The molecule has 0 aliphatic rings. The summed E-state index contributed by atoms with van der Waals surface area (Å²) in [5.74, 6) is -0.108. The van der Waals surface area contributed by atoms with Crippen molar-refractivity contribution in [2.24, 2.45) is 0 Å². The number of aliphatic hydroxyl groups is 1. The monoisotopic (exact) mass is 328 g/mol. The number of carbonyl (C=O) groups is 1. The molecule has 1 unspecified atom stereocenters. The summed E-state index contributed by atoms with van der Waals surface area (Å²) in [6.45, 7) is 3.90. The van der Waals surface area contributed by atoms with Gasteiger partial charge in [-0.3, -0.25) is 9.59 Å². The van der Waals surface area contributed by atoms with Gasteiger partial charge in [0.1, 0.15) is 0 Å². The molecule has 1 atom stereocenters. The highest BCUT2D eigenvalue weighted by molar-refractivity contribution is 5.94. The molecule has 1 aromatic heterocycles. The Labute approximate surface area is 142 Å². The van der Waals surface area contributed by atoms with Crippen LogP contribution in [0.4, 0.5) is 0 Å². The number of aromatic amines is 1. The van der Waals surface area contributed by atoms with Crippen LogP contribution in [0.15, 0.2) is 47.3 Å². The van der Waals surface area contributed by atoms with Gasteiger partial charge in [-0.2, -0.15) is 0 Å². The van der Waals surface area contributed by atoms with Gasteiger partial charge < -0.3 is 15.0 Å². The zero-order chi connectivity index (χ0) is 17.7. The summed E-state index contributed by atoms with van der Waals surface area (Å²) >= 11 is 0. The quantitative estimate of drug-likeness (QED) is 0.856. The minimum absolute atomic E-state index is 0.0240. The summed E-state index contributed by atoms with van der Waals surface area (Å²) < 4.78 is 0. The second kappa shape index (κ2) is 7.93. The van der Waals surface area contributed by atoms with Crippen LogP contribution >= 0.6 is 0 Å². The van der Waals surface area contributed by atoms with E-state index in [9.17, 15) is 14.7 Å². The molecule has 0 aliphatic carbocycles. The van der Waals surface area contributed by atoms with Crippen molar-refractivity contribution in [3.63, 3.8) is 0 Å². The number of hydrogen-bond acceptors (Lipinski definition) is 3. The average molecular weight is 328 g/mol. The van der Waals surface area contributed by atoms with Gasteiger partial charge >= 0.3 is 0 Å². The fourth-order valence-electron chi connectivity index (χ4n) is 2.73. The highest BCUT2D eigenvalue weighted by atomic mass is 16.3. The summed E-state index contributed by atoms with van der Waals surface area (Å²) in [5.41, 5.74) is 1.77. The maximum Gasteiger partial charge on any atom is 0.254 e. The lowest BCUT2D eigenvalue weighted by molar-refractivity contribution is 0.0704. The molecule has 1 heterocycles. The Morgan fingerprint density at radius 1 is 1.21 bits per heavy atom. The van der Waals surface area contributed by atoms with Crippen LogP contribution in [0.2, 0.25) is 0 Å². The van der Waals surface area contributed by atoms with Crippen LogP contribution in [-0.2, 0) is 0 Å². The molecule has 2 N–H and O–H groups in total. The van der Waals surface area contributed by atoms with E-state index in [-0.39, 0.29) is 30.0 Å². The number of carbonyl (C=O) groups excluding carboxylic acids is 1. The predicted molar refractivity (Wildman–Crippen MR) is 94.1 cm³/mol. The number of amides is 1. The maximum atomic E-state index is 12.9. The SMILES string of the molecule is CC(C)c1cc(C(=O)N(C)C(CCO)c2ccccc2)cc(=O)[nH]1. The number of pyridine rings is 1. The number of nitrogens with one attached hydrogen (secondary N) is 1. The number of benzene rings is 1. The van der Waals surface area contributed by atoms with E-state index in [1.807, 2.05) is 44.2 Å². The smallest absolute Gasteiger partial charge is 0.254 e. The van der Waals surface area contributed by atoms with Crippen LogP contribution in [0.1, 0.15) is 53.8 Å². The van der Waals surface area contributed by atoms with E-state index < -0.39 is 0 Å². The third kappa shape index (κ3) is 4.11. The van der Waals surface area contributed by atoms with E-state index in [0.717, 1.165) is 11.3 Å². The Hall–Kier alpha value is -2.40. The Kier molecular flexibility index (Phi) is 5.93. The third-order valence-electron chi connectivity index (χ3n) is 4.11. The van der Waals surface area contributed by atoms with Gasteiger partial charge in [-0.05, 0) is 24.0 Å². The second-order valence-electron chi connectivity index (χ2n) is 6.20. The fourth-order valence-corrected chi connectivity index (χ4v) is 2.73. The molecule has 5 nitrogen and oxygen atoms in total. The molecule has 2 aromatic rings. The first-order valence-electron chi connectivity index (χ1n) is 8.11. The summed E-state index contributed by atoms with van der Waals surface area (Å²) in [6, 6.07) is 12.4. The molecule has 0 saturated heterocycles. The van der Waals surface area contributed by atoms with Crippen LogP contribution in [-0.4, -0.2) is 34.6 Å². The third-order valence-corrected chi connectivity index (χ3v) is 4.11. The van der Waals surface area contributed by atoms with Crippen molar-refractivity contribution < 1.29 is 9.90 Å². The van der Waals surface area contributed by atoms with Gasteiger partial charge in [-0.1, -0.05) is 44.2 Å². The maximum absolute atomic E-state index is 12.9. The van der Waals surface area contributed by atoms with Crippen LogP contribution in [0.25, 0.3) is 0 Å². The second-order valence-corrected chi connectivity index (χ2v) is 6.20. The number of rotatable bonds is 6. The highest BCUT2D eigenvalue weighted by Gasteiger charge is 2.23. The van der Waals surface area contributed by atoms with Crippen molar-refractivity contribution in [2.45, 2.75) is 32.2 Å². The van der Waals surface area contributed by atoms with E-state index in [4.69, 9.17) is 0 Å². The Morgan fingerprint density at radius 3 is 2.46 bits per heavy atom. The van der Waals surface area contributed by atoms with Crippen LogP contribution in [0.3, 0.4) is 0 Å². The number of hydrogen-bond donors (Lipinski definition) is 2. The Morgan fingerprint density at radius 2 is 1.88 bits per heavy atom. The lowest BCUT2D eigenvalue weighted by atomic mass is 10.0. The van der Waals surface area contributed by atoms with Gasteiger partial charge in [-0.25, -0.2) is 0 Å². The molecule has 0 saturated carbocycles. The van der Waals surface area contributed by atoms with E-state index in [1.54, 1.807) is 18.0 Å². The normalized spacial score (nSPS) is 12.2. The highest BCUT2D eigenvalue weighted by Crippen LogP contribution is 2.24. The van der Waals surface area contributed by atoms with Crippen molar-refractivity contribution in [3.8, 4) is 0 Å². The summed E-state index contributed by atoms with van der Waals surface area (Å²) in [4.78, 5) is 29.0. The zero-order valence-electron chi connectivity index (χ0n) is 14.3. The molecule has 0 aliphatic heterocycles. The first-order valence-corrected chi connectivity index (χ1v) is 8.11. The molecule has 128 valence electrons. The Balaban J connectivity index is 2.35. The van der Waals surface area contributed by atoms with Gasteiger partial charge in [0.25, 0.3) is 5.91 Å². The van der Waals surface area contributed by atoms with Gasteiger partial charge in [0.15, 0.2) is 0 Å². The lowest BCUT2D eigenvalue weighted by Crippen LogP contribution is -2.32. The Bertz CT molecular complexity index is 738.